The van der Waals surface area contributed by atoms with Gasteiger partial charge in [0.05, 0.1) is 11.1 Å². The summed E-state index contributed by atoms with van der Waals surface area (Å²) in [7, 11) is 0. The summed E-state index contributed by atoms with van der Waals surface area (Å²) in [5, 5.41) is 10.3. The molecule has 0 aliphatic heterocycles. The molecule has 0 bridgehead atoms. The molecule has 0 N–H and O–H groups in total. The predicted octanol–water partition coefficient (Wildman–Crippen LogP) is 9.25. The number of nitriles is 1. The van der Waals surface area contributed by atoms with Crippen LogP contribution < -0.4 is 0 Å². The van der Waals surface area contributed by atoms with E-state index in [-0.39, 0.29) is 16.7 Å². The number of rotatable bonds is 4. The van der Waals surface area contributed by atoms with Gasteiger partial charge in [0.25, 0.3) is 0 Å². The first kappa shape index (κ1) is 23.1. The molecule has 0 aromatic heterocycles. The lowest BCUT2D eigenvalue weighted by Gasteiger charge is -2.19. The van der Waals surface area contributed by atoms with Gasteiger partial charge in [-0.05, 0) is 45.5 Å². The van der Waals surface area contributed by atoms with Gasteiger partial charge in [0.1, 0.15) is 6.07 Å². The summed E-state index contributed by atoms with van der Waals surface area (Å²) in [5.41, 5.74) is 4.31. The van der Waals surface area contributed by atoms with E-state index in [1.807, 2.05) is 84.9 Å². The van der Waals surface area contributed by atoms with Crippen LogP contribution in [0.5, 0.6) is 0 Å². The van der Waals surface area contributed by atoms with Crippen LogP contribution in [-0.2, 0) is 6.18 Å². The minimum absolute atomic E-state index is 0.203. The molecule has 5 aromatic carbocycles. The minimum atomic E-state index is -4.58. The SMILES string of the molecule is N#Cc1c(-c2ccccc2-c2ccccc2)cc(C(F)(F)F)cc1-c1ccccc1-c1ccccc1. The zero-order valence-corrected chi connectivity index (χ0v) is 19.1. The van der Waals surface area contributed by atoms with E-state index >= 15 is 0 Å². The van der Waals surface area contributed by atoms with Crippen molar-refractivity contribution in [1.29, 1.82) is 5.26 Å². The highest BCUT2D eigenvalue weighted by Gasteiger charge is 2.33. The highest BCUT2D eigenvalue weighted by atomic mass is 19.4. The van der Waals surface area contributed by atoms with E-state index in [0.29, 0.717) is 11.1 Å². The maximum Gasteiger partial charge on any atom is 0.416 e. The van der Waals surface area contributed by atoms with E-state index in [4.69, 9.17) is 0 Å². The lowest BCUT2D eigenvalue weighted by molar-refractivity contribution is -0.137. The normalized spacial score (nSPS) is 11.2. The van der Waals surface area contributed by atoms with Crippen LogP contribution in [0, 0.1) is 11.3 Å². The van der Waals surface area contributed by atoms with Gasteiger partial charge in [0.2, 0.25) is 0 Å². The Labute approximate surface area is 207 Å². The van der Waals surface area contributed by atoms with Crippen LogP contribution in [0.3, 0.4) is 0 Å². The van der Waals surface area contributed by atoms with Crippen LogP contribution in [0.1, 0.15) is 11.1 Å². The van der Waals surface area contributed by atoms with E-state index in [9.17, 15) is 18.4 Å². The van der Waals surface area contributed by atoms with Crippen LogP contribution in [0.4, 0.5) is 13.2 Å². The zero-order valence-electron chi connectivity index (χ0n) is 19.1. The second-order valence-corrected chi connectivity index (χ2v) is 8.38. The van der Waals surface area contributed by atoms with Gasteiger partial charge in [-0.1, -0.05) is 109 Å². The number of nitrogens with zero attached hydrogens (tertiary/aromatic N) is 1. The fourth-order valence-corrected chi connectivity index (χ4v) is 4.53. The highest BCUT2D eigenvalue weighted by molar-refractivity contribution is 5.93. The van der Waals surface area contributed by atoms with E-state index in [2.05, 4.69) is 6.07 Å². The van der Waals surface area contributed by atoms with Crippen molar-refractivity contribution in [2.45, 2.75) is 6.18 Å². The van der Waals surface area contributed by atoms with Crippen molar-refractivity contribution in [3.63, 3.8) is 0 Å². The molecule has 5 aromatic rings. The molecule has 0 unspecified atom stereocenters. The maximum absolute atomic E-state index is 14.2. The molecule has 174 valence electrons. The number of benzene rings is 5. The summed E-state index contributed by atoms with van der Waals surface area (Å²) in [6, 6.07) is 37.8. The first-order chi connectivity index (χ1) is 17.5. The van der Waals surface area contributed by atoms with Gasteiger partial charge >= 0.3 is 6.18 Å². The van der Waals surface area contributed by atoms with E-state index in [1.165, 1.54) is 0 Å². The minimum Gasteiger partial charge on any atom is -0.192 e. The summed E-state index contributed by atoms with van der Waals surface area (Å²) in [6.45, 7) is 0. The van der Waals surface area contributed by atoms with Crippen molar-refractivity contribution in [1.82, 2.24) is 0 Å². The zero-order chi connectivity index (χ0) is 25.1. The van der Waals surface area contributed by atoms with Gasteiger partial charge in [-0.25, -0.2) is 0 Å². The molecule has 0 fully saturated rings. The second kappa shape index (κ2) is 9.56. The molecule has 0 heterocycles. The molecule has 0 amide bonds. The van der Waals surface area contributed by atoms with Crippen LogP contribution in [-0.4, -0.2) is 0 Å². The Hall–Kier alpha value is -4.62. The molecule has 36 heavy (non-hydrogen) atoms. The molecule has 0 saturated heterocycles. The third-order valence-electron chi connectivity index (χ3n) is 6.18. The van der Waals surface area contributed by atoms with Gasteiger partial charge in [-0.15, -0.1) is 0 Å². The maximum atomic E-state index is 14.2. The molecule has 1 nitrogen and oxygen atoms in total. The fourth-order valence-electron chi connectivity index (χ4n) is 4.53. The Kier molecular flexibility index (Phi) is 6.14. The molecule has 0 aliphatic rings. The highest BCUT2D eigenvalue weighted by Crippen LogP contribution is 2.44. The molecular weight excluding hydrogens is 455 g/mol. The summed E-state index contributed by atoms with van der Waals surface area (Å²) >= 11 is 0. The van der Waals surface area contributed by atoms with Gasteiger partial charge in [0, 0.05) is 11.1 Å². The Balaban J connectivity index is 1.84. The quantitative estimate of drug-likeness (QED) is 0.254. The third kappa shape index (κ3) is 4.39. The molecule has 0 saturated carbocycles. The van der Waals surface area contributed by atoms with Crippen LogP contribution >= 0.6 is 0 Å². The van der Waals surface area contributed by atoms with Gasteiger partial charge in [-0.3, -0.25) is 0 Å². The van der Waals surface area contributed by atoms with Crippen molar-refractivity contribution in [2.24, 2.45) is 0 Å². The molecule has 0 aliphatic carbocycles. The van der Waals surface area contributed by atoms with Crippen LogP contribution in [0.2, 0.25) is 0 Å². The van der Waals surface area contributed by atoms with Gasteiger partial charge < -0.3 is 0 Å². The van der Waals surface area contributed by atoms with Gasteiger partial charge in [0.15, 0.2) is 0 Å². The lowest BCUT2D eigenvalue weighted by Crippen LogP contribution is -2.07. The standard InChI is InChI=1S/C32H20F3N/c33-32(34,35)24-19-29(27-17-9-7-15-25(27)22-11-3-1-4-12-22)31(21-36)30(20-24)28-18-10-8-16-26(28)23-13-5-2-6-14-23/h1-20H. The Morgan fingerprint density at radius 2 is 0.833 bits per heavy atom. The largest absolute Gasteiger partial charge is 0.416 e. The number of hydrogen-bond acceptors (Lipinski definition) is 1. The monoisotopic (exact) mass is 475 g/mol. The fraction of sp³-hybridized carbons (Fsp3) is 0.0312. The molecule has 0 radical (unpaired) electrons. The average molecular weight is 476 g/mol. The average Bonchev–Trinajstić information content (AvgIpc) is 2.93. The van der Waals surface area contributed by atoms with E-state index < -0.39 is 11.7 Å². The molecular formula is C32H20F3N. The Morgan fingerprint density at radius 3 is 1.19 bits per heavy atom. The Morgan fingerprint density at radius 1 is 0.472 bits per heavy atom. The first-order valence-electron chi connectivity index (χ1n) is 11.4. The van der Waals surface area contributed by atoms with Crippen LogP contribution in [0.15, 0.2) is 121 Å². The molecule has 5 rings (SSSR count). The number of hydrogen-bond donors (Lipinski definition) is 0. The molecule has 4 heteroatoms. The number of halogens is 3. The summed E-state index contributed by atoms with van der Waals surface area (Å²) < 4.78 is 42.5. The smallest absolute Gasteiger partial charge is 0.192 e. The molecule has 0 atom stereocenters. The summed E-state index contributed by atoms with van der Waals surface area (Å²) in [6.07, 6.45) is -4.58. The summed E-state index contributed by atoms with van der Waals surface area (Å²) in [4.78, 5) is 0. The van der Waals surface area contributed by atoms with Crippen molar-refractivity contribution in [3.05, 3.63) is 132 Å². The van der Waals surface area contributed by atoms with Crippen molar-refractivity contribution >= 4 is 0 Å². The van der Waals surface area contributed by atoms with Crippen molar-refractivity contribution in [2.75, 3.05) is 0 Å². The van der Waals surface area contributed by atoms with Gasteiger partial charge in [-0.2, -0.15) is 18.4 Å². The van der Waals surface area contributed by atoms with E-state index in [0.717, 1.165) is 34.4 Å². The van der Waals surface area contributed by atoms with Crippen molar-refractivity contribution < 1.29 is 13.2 Å². The Bertz CT molecular complexity index is 1460. The van der Waals surface area contributed by atoms with E-state index in [1.54, 1.807) is 24.3 Å². The first-order valence-corrected chi connectivity index (χ1v) is 11.4. The lowest BCUT2D eigenvalue weighted by atomic mass is 9.85. The topological polar surface area (TPSA) is 23.8 Å². The third-order valence-corrected chi connectivity index (χ3v) is 6.18. The van der Waals surface area contributed by atoms with Crippen molar-refractivity contribution in [3.8, 4) is 50.6 Å². The van der Waals surface area contributed by atoms with Crippen LogP contribution in [0.25, 0.3) is 44.5 Å². The molecule has 0 spiro atoms. The number of alkyl halides is 3. The summed E-state index contributed by atoms with van der Waals surface area (Å²) in [5.74, 6) is 0. The predicted molar refractivity (Wildman–Crippen MR) is 138 cm³/mol. The second-order valence-electron chi connectivity index (χ2n) is 8.38.